The van der Waals surface area contributed by atoms with Crippen molar-refractivity contribution in [3.05, 3.63) is 34.9 Å². The number of hydrogen-bond acceptors (Lipinski definition) is 9. The molecule has 2 aliphatic heterocycles. The molecule has 0 spiro atoms. The van der Waals surface area contributed by atoms with Crippen molar-refractivity contribution >= 4 is 44.3 Å². The maximum absolute atomic E-state index is 13.0. The largest absolute Gasteiger partial charge is 0.486 e. The van der Waals surface area contributed by atoms with Crippen LogP contribution in [0.4, 0.5) is 10.8 Å². The number of nitrogens with zero attached hydrogens (tertiary/aromatic N) is 4. The molecular weight excluding hydrogens is 460 g/mol. The van der Waals surface area contributed by atoms with Crippen molar-refractivity contribution in [1.82, 2.24) is 19.9 Å². The number of aromatic nitrogens is 3. The fraction of sp³-hybridized carbons (Fsp3) is 0.409. The van der Waals surface area contributed by atoms with Gasteiger partial charge in [0.1, 0.15) is 30.8 Å². The first kappa shape index (κ1) is 22.1. The third-order valence-electron chi connectivity index (χ3n) is 5.90. The van der Waals surface area contributed by atoms with Gasteiger partial charge in [0, 0.05) is 37.8 Å². The Labute approximate surface area is 198 Å². The first-order valence-corrected chi connectivity index (χ1v) is 11.9. The molecule has 0 unspecified atom stereocenters. The molecular formula is C22H24N6O5S. The van der Waals surface area contributed by atoms with Crippen LogP contribution in [0.15, 0.2) is 29.3 Å². The molecule has 1 fully saturated rings. The average molecular weight is 485 g/mol. The van der Waals surface area contributed by atoms with Crippen molar-refractivity contribution < 1.29 is 19.1 Å². The van der Waals surface area contributed by atoms with E-state index in [0.29, 0.717) is 59.0 Å². The second-order valence-electron chi connectivity index (χ2n) is 8.11. The Morgan fingerprint density at radius 3 is 2.71 bits per heavy atom. The van der Waals surface area contributed by atoms with E-state index in [1.807, 2.05) is 0 Å². The van der Waals surface area contributed by atoms with E-state index in [0.717, 1.165) is 12.8 Å². The number of rotatable bonds is 5. The molecule has 12 heteroatoms. The SMILES string of the molecule is CNC(=O)C1CCN(c2nc3ncn(CC(=O)Nc4ccc5c(c4)OCCO5)c(=O)c3s2)CC1. The van der Waals surface area contributed by atoms with E-state index in [4.69, 9.17) is 9.47 Å². The van der Waals surface area contributed by atoms with Gasteiger partial charge in [-0.1, -0.05) is 11.3 Å². The molecule has 0 aliphatic carbocycles. The first-order chi connectivity index (χ1) is 16.5. The van der Waals surface area contributed by atoms with E-state index in [9.17, 15) is 14.4 Å². The summed E-state index contributed by atoms with van der Waals surface area (Å²) in [6, 6.07) is 5.15. The molecule has 1 saturated heterocycles. The van der Waals surface area contributed by atoms with Crippen LogP contribution in [0.25, 0.3) is 10.3 Å². The minimum atomic E-state index is -0.360. The van der Waals surface area contributed by atoms with Crippen LogP contribution < -0.4 is 30.6 Å². The average Bonchev–Trinajstić information content (AvgIpc) is 3.30. The quantitative estimate of drug-likeness (QED) is 0.554. The van der Waals surface area contributed by atoms with Gasteiger partial charge in [-0.3, -0.25) is 19.0 Å². The smallest absolute Gasteiger partial charge is 0.273 e. The third kappa shape index (κ3) is 4.40. The number of ether oxygens (including phenoxy) is 2. The number of piperidine rings is 1. The van der Waals surface area contributed by atoms with E-state index in [1.165, 1.54) is 22.2 Å². The number of thiazole rings is 1. The Balaban J connectivity index is 1.27. The van der Waals surface area contributed by atoms with Crippen LogP contribution in [-0.4, -0.2) is 59.7 Å². The molecule has 2 aromatic heterocycles. The topological polar surface area (TPSA) is 128 Å². The van der Waals surface area contributed by atoms with Gasteiger partial charge >= 0.3 is 0 Å². The van der Waals surface area contributed by atoms with E-state index in [-0.39, 0.29) is 29.8 Å². The summed E-state index contributed by atoms with van der Waals surface area (Å²) in [5, 5.41) is 6.18. The molecule has 2 N–H and O–H groups in total. The van der Waals surface area contributed by atoms with Crippen molar-refractivity contribution in [1.29, 1.82) is 0 Å². The molecule has 0 atom stereocenters. The van der Waals surface area contributed by atoms with Gasteiger partial charge < -0.3 is 25.0 Å². The van der Waals surface area contributed by atoms with Crippen molar-refractivity contribution in [2.75, 3.05) is 43.6 Å². The molecule has 11 nitrogen and oxygen atoms in total. The third-order valence-corrected chi connectivity index (χ3v) is 6.99. The highest BCUT2D eigenvalue weighted by Crippen LogP contribution is 2.32. The Morgan fingerprint density at radius 2 is 1.94 bits per heavy atom. The summed E-state index contributed by atoms with van der Waals surface area (Å²) in [6.07, 6.45) is 2.80. The zero-order valence-electron chi connectivity index (χ0n) is 18.6. The highest BCUT2D eigenvalue weighted by Gasteiger charge is 2.26. The summed E-state index contributed by atoms with van der Waals surface area (Å²) in [5.74, 6) is 0.900. The van der Waals surface area contributed by atoms with Gasteiger partial charge in [0.15, 0.2) is 22.3 Å². The maximum Gasteiger partial charge on any atom is 0.273 e. The van der Waals surface area contributed by atoms with Crippen LogP contribution in [0, 0.1) is 5.92 Å². The van der Waals surface area contributed by atoms with E-state index in [2.05, 4.69) is 25.5 Å². The normalized spacial score (nSPS) is 15.9. The summed E-state index contributed by atoms with van der Waals surface area (Å²) in [5.41, 5.74) is 0.602. The molecule has 5 rings (SSSR count). The number of benzene rings is 1. The number of carbonyl (C=O) groups excluding carboxylic acids is 2. The zero-order valence-corrected chi connectivity index (χ0v) is 19.4. The zero-order chi connectivity index (χ0) is 23.7. The van der Waals surface area contributed by atoms with Gasteiger partial charge in [0.25, 0.3) is 5.56 Å². The standard InChI is InChI=1S/C22H24N6O5S/c1-23-20(30)13-4-6-27(7-5-13)22-26-19-18(34-22)21(31)28(12-24-19)11-17(29)25-14-2-3-15-16(10-14)33-9-8-32-15/h2-3,10,12-13H,4-9,11H2,1H3,(H,23,30)(H,25,29). The van der Waals surface area contributed by atoms with Crippen molar-refractivity contribution in [2.45, 2.75) is 19.4 Å². The van der Waals surface area contributed by atoms with Crippen LogP contribution in [-0.2, 0) is 16.1 Å². The Kier molecular flexibility index (Phi) is 6.05. The highest BCUT2D eigenvalue weighted by molar-refractivity contribution is 7.22. The Morgan fingerprint density at radius 1 is 1.18 bits per heavy atom. The lowest BCUT2D eigenvalue weighted by Crippen LogP contribution is -2.39. The van der Waals surface area contributed by atoms with Gasteiger partial charge in [0.2, 0.25) is 11.8 Å². The van der Waals surface area contributed by atoms with Crippen molar-refractivity contribution in [2.24, 2.45) is 5.92 Å². The number of fused-ring (bicyclic) bond motifs is 2. The van der Waals surface area contributed by atoms with Crippen molar-refractivity contribution in [3.8, 4) is 11.5 Å². The Bertz CT molecular complexity index is 1300. The van der Waals surface area contributed by atoms with E-state index < -0.39 is 0 Å². The summed E-state index contributed by atoms with van der Waals surface area (Å²) < 4.78 is 12.7. The van der Waals surface area contributed by atoms with Crippen LogP contribution in [0.1, 0.15) is 12.8 Å². The molecule has 1 aromatic carbocycles. The maximum atomic E-state index is 13.0. The Hall–Kier alpha value is -3.67. The molecule has 0 radical (unpaired) electrons. The number of anilines is 2. The van der Waals surface area contributed by atoms with E-state index >= 15 is 0 Å². The van der Waals surface area contributed by atoms with Crippen LogP contribution in [0.3, 0.4) is 0 Å². The van der Waals surface area contributed by atoms with Gasteiger partial charge in [-0.2, -0.15) is 4.98 Å². The molecule has 178 valence electrons. The van der Waals surface area contributed by atoms with E-state index in [1.54, 1.807) is 25.2 Å². The molecule has 2 aliphatic rings. The summed E-state index contributed by atoms with van der Waals surface area (Å²) in [4.78, 5) is 48.3. The lowest BCUT2D eigenvalue weighted by molar-refractivity contribution is -0.125. The fourth-order valence-electron chi connectivity index (χ4n) is 4.10. The molecule has 2 amide bonds. The lowest BCUT2D eigenvalue weighted by atomic mass is 9.96. The summed E-state index contributed by atoms with van der Waals surface area (Å²) in [7, 11) is 1.65. The van der Waals surface area contributed by atoms with Crippen LogP contribution in [0.2, 0.25) is 0 Å². The number of amides is 2. The van der Waals surface area contributed by atoms with Crippen LogP contribution >= 0.6 is 11.3 Å². The van der Waals surface area contributed by atoms with Gasteiger partial charge in [-0.15, -0.1) is 0 Å². The second-order valence-corrected chi connectivity index (χ2v) is 9.09. The van der Waals surface area contributed by atoms with Gasteiger partial charge in [-0.05, 0) is 25.0 Å². The summed E-state index contributed by atoms with van der Waals surface area (Å²) in [6.45, 7) is 2.13. The number of carbonyl (C=O) groups is 2. The number of nitrogens with one attached hydrogen (secondary N) is 2. The lowest BCUT2D eigenvalue weighted by Gasteiger charge is -2.30. The minimum absolute atomic E-state index is 0.00121. The van der Waals surface area contributed by atoms with Crippen molar-refractivity contribution in [3.63, 3.8) is 0 Å². The molecule has 3 aromatic rings. The monoisotopic (exact) mass is 484 g/mol. The second kappa shape index (κ2) is 9.29. The minimum Gasteiger partial charge on any atom is -0.486 e. The predicted octanol–water partition coefficient (Wildman–Crippen LogP) is 1.23. The first-order valence-electron chi connectivity index (χ1n) is 11.0. The molecule has 4 heterocycles. The van der Waals surface area contributed by atoms with Crippen LogP contribution in [0.5, 0.6) is 11.5 Å². The predicted molar refractivity (Wildman–Crippen MR) is 127 cm³/mol. The van der Waals surface area contributed by atoms with Gasteiger partial charge in [-0.25, -0.2) is 4.98 Å². The molecule has 0 saturated carbocycles. The molecule has 0 bridgehead atoms. The highest BCUT2D eigenvalue weighted by atomic mass is 32.1. The fourth-order valence-corrected chi connectivity index (χ4v) is 5.12. The summed E-state index contributed by atoms with van der Waals surface area (Å²) >= 11 is 1.26. The van der Waals surface area contributed by atoms with Gasteiger partial charge in [0.05, 0.1) is 0 Å². The number of hydrogen-bond donors (Lipinski definition) is 2. The molecule has 34 heavy (non-hydrogen) atoms.